The lowest BCUT2D eigenvalue weighted by Crippen LogP contribution is -2.61. The molecule has 0 spiro atoms. The van der Waals surface area contributed by atoms with E-state index in [1.54, 1.807) is 36.3 Å². The van der Waals surface area contributed by atoms with Crippen molar-refractivity contribution in [1.82, 2.24) is 10.2 Å². The van der Waals surface area contributed by atoms with Crippen LogP contribution in [-0.4, -0.2) is 40.5 Å². The Balaban J connectivity index is 1.60. The predicted molar refractivity (Wildman–Crippen MR) is 137 cm³/mol. The lowest BCUT2D eigenvalue weighted by atomic mass is 9.90. The molecule has 1 N–H and O–H groups in total. The molecule has 2 aromatic rings. The third-order valence-electron chi connectivity index (χ3n) is 6.38. The smallest absolute Gasteiger partial charge is 0.254 e. The molecule has 4 rings (SSSR count). The molecule has 7 nitrogen and oxygen atoms in total. The third kappa shape index (κ3) is 5.24. The maximum absolute atomic E-state index is 14.1. The second-order valence-electron chi connectivity index (χ2n) is 9.06. The van der Waals surface area contributed by atoms with Crippen LogP contribution in [0.25, 0.3) is 0 Å². The fourth-order valence-corrected chi connectivity index (χ4v) is 4.26. The van der Waals surface area contributed by atoms with Crippen molar-refractivity contribution >= 4 is 29.2 Å². The predicted octanol–water partition coefficient (Wildman–Crippen LogP) is 3.68. The van der Waals surface area contributed by atoms with Crippen LogP contribution in [0.2, 0.25) is 0 Å². The van der Waals surface area contributed by atoms with Crippen LogP contribution in [0.1, 0.15) is 37.0 Å². The van der Waals surface area contributed by atoms with Gasteiger partial charge in [0.2, 0.25) is 5.91 Å². The van der Waals surface area contributed by atoms with E-state index < -0.39 is 5.54 Å². The van der Waals surface area contributed by atoms with Crippen LogP contribution in [0.4, 0.5) is 5.69 Å². The molecule has 2 heterocycles. The van der Waals surface area contributed by atoms with Gasteiger partial charge in [-0.2, -0.15) is 4.99 Å². The summed E-state index contributed by atoms with van der Waals surface area (Å²) in [5.74, 6) is -0.568. The zero-order chi connectivity index (χ0) is 25.0. The minimum atomic E-state index is -1.21. The molecule has 0 saturated heterocycles. The highest BCUT2D eigenvalue weighted by atomic mass is 16.2. The lowest BCUT2D eigenvalue weighted by Gasteiger charge is -2.44. The summed E-state index contributed by atoms with van der Waals surface area (Å²) in [4.78, 5) is 46.8. The van der Waals surface area contributed by atoms with E-state index >= 15 is 0 Å². The van der Waals surface area contributed by atoms with E-state index in [1.807, 2.05) is 55.5 Å². The molecular weight excluding hydrogens is 440 g/mol. The Bertz CT molecular complexity index is 1210. The van der Waals surface area contributed by atoms with Gasteiger partial charge in [-0.15, -0.1) is 0 Å². The molecule has 0 saturated carbocycles. The summed E-state index contributed by atoms with van der Waals surface area (Å²) in [6.07, 6.45) is 7.81. The van der Waals surface area contributed by atoms with E-state index in [-0.39, 0.29) is 30.7 Å². The highest BCUT2D eigenvalue weighted by molar-refractivity contribution is 6.13. The van der Waals surface area contributed by atoms with Gasteiger partial charge in [-0.05, 0) is 55.7 Å². The summed E-state index contributed by atoms with van der Waals surface area (Å²) >= 11 is 0. The van der Waals surface area contributed by atoms with Gasteiger partial charge >= 0.3 is 0 Å². The quantitative estimate of drug-likeness (QED) is 0.669. The number of fused-ring (bicyclic) bond motifs is 1. The molecule has 180 valence electrons. The molecule has 2 aromatic carbocycles. The second kappa shape index (κ2) is 10.1. The molecular formula is C28H30N4O3. The Hall–Kier alpha value is -4.00. The number of hydrogen-bond donors (Lipinski definition) is 1. The first-order valence-electron chi connectivity index (χ1n) is 11.8. The molecule has 0 radical (unpaired) electrons. The standard InChI is InChI=1S/C28H30N4O3/c1-4-21-12-14-23(15-13-21)31(19-26(34)29-18-22-10-8-20(2)9-11-22)27(35)28(3)17-25(33)30-24-7-5-6-16-32(24)28/h5-16H,4,17-19H2,1-3H3,(H,29,34)/t28-/m1/s1. The van der Waals surface area contributed by atoms with Crippen molar-refractivity contribution < 1.29 is 14.4 Å². The van der Waals surface area contributed by atoms with Gasteiger partial charge < -0.3 is 15.1 Å². The lowest BCUT2D eigenvalue weighted by molar-refractivity contribution is -0.133. The number of amidine groups is 1. The van der Waals surface area contributed by atoms with Crippen LogP contribution in [0.5, 0.6) is 0 Å². The fraction of sp³-hybridized carbons (Fsp3) is 0.286. The van der Waals surface area contributed by atoms with Crippen molar-refractivity contribution in [3.05, 3.63) is 89.6 Å². The summed E-state index contributed by atoms with van der Waals surface area (Å²) in [6, 6.07) is 15.5. The molecule has 2 aliphatic heterocycles. The van der Waals surface area contributed by atoms with Crippen molar-refractivity contribution in [2.45, 2.75) is 45.7 Å². The Labute approximate surface area is 205 Å². The van der Waals surface area contributed by atoms with Crippen LogP contribution in [0.15, 0.2) is 78.0 Å². The van der Waals surface area contributed by atoms with E-state index in [1.165, 1.54) is 4.90 Å². The van der Waals surface area contributed by atoms with Gasteiger partial charge in [0.1, 0.15) is 17.9 Å². The van der Waals surface area contributed by atoms with Gasteiger partial charge in [-0.25, -0.2) is 0 Å². The van der Waals surface area contributed by atoms with Gasteiger partial charge in [0, 0.05) is 18.4 Å². The third-order valence-corrected chi connectivity index (χ3v) is 6.38. The first-order chi connectivity index (χ1) is 16.8. The summed E-state index contributed by atoms with van der Waals surface area (Å²) in [6.45, 7) is 5.99. The number of nitrogens with one attached hydrogen (secondary N) is 1. The highest BCUT2D eigenvalue weighted by Gasteiger charge is 2.47. The minimum Gasteiger partial charge on any atom is -0.350 e. The summed E-state index contributed by atoms with van der Waals surface area (Å²) < 4.78 is 0. The average Bonchev–Trinajstić information content (AvgIpc) is 2.86. The number of carbonyl (C=O) groups excluding carboxylic acids is 3. The van der Waals surface area contributed by atoms with E-state index in [0.29, 0.717) is 18.1 Å². The Kier molecular flexibility index (Phi) is 6.96. The van der Waals surface area contributed by atoms with Gasteiger partial charge in [0.25, 0.3) is 11.8 Å². The van der Waals surface area contributed by atoms with Crippen molar-refractivity contribution in [3.63, 3.8) is 0 Å². The van der Waals surface area contributed by atoms with Gasteiger partial charge in [-0.1, -0.05) is 55.0 Å². The number of aryl methyl sites for hydroxylation is 2. The number of rotatable bonds is 7. The number of amides is 3. The number of carbonyl (C=O) groups is 3. The van der Waals surface area contributed by atoms with E-state index in [2.05, 4.69) is 17.2 Å². The maximum Gasteiger partial charge on any atom is 0.254 e. The molecule has 3 amide bonds. The van der Waals surface area contributed by atoms with Crippen LogP contribution >= 0.6 is 0 Å². The van der Waals surface area contributed by atoms with Gasteiger partial charge in [0.15, 0.2) is 0 Å². The largest absolute Gasteiger partial charge is 0.350 e. The molecule has 0 unspecified atom stereocenters. The first kappa shape index (κ1) is 24.1. The maximum atomic E-state index is 14.1. The number of nitrogens with zero attached hydrogens (tertiary/aromatic N) is 3. The van der Waals surface area contributed by atoms with Gasteiger partial charge in [0.05, 0.1) is 6.42 Å². The van der Waals surface area contributed by atoms with Crippen molar-refractivity contribution in [2.75, 3.05) is 11.4 Å². The van der Waals surface area contributed by atoms with Crippen molar-refractivity contribution in [3.8, 4) is 0 Å². The molecule has 2 aliphatic rings. The summed E-state index contributed by atoms with van der Waals surface area (Å²) in [7, 11) is 0. The molecule has 1 atom stereocenters. The minimum absolute atomic E-state index is 0.0813. The molecule has 0 aromatic heterocycles. The Morgan fingerprint density at radius 2 is 1.74 bits per heavy atom. The molecule has 0 fully saturated rings. The van der Waals surface area contributed by atoms with Gasteiger partial charge in [-0.3, -0.25) is 14.4 Å². The number of anilines is 1. The average molecular weight is 471 g/mol. The van der Waals surface area contributed by atoms with Crippen molar-refractivity contribution in [2.24, 2.45) is 4.99 Å². The molecule has 0 bridgehead atoms. The zero-order valence-corrected chi connectivity index (χ0v) is 20.3. The van der Waals surface area contributed by atoms with E-state index in [9.17, 15) is 14.4 Å². The first-order valence-corrected chi connectivity index (χ1v) is 11.8. The zero-order valence-electron chi connectivity index (χ0n) is 20.3. The Morgan fingerprint density at radius 1 is 1.06 bits per heavy atom. The number of aliphatic imine (C=N–C) groups is 1. The van der Waals surface area contributed by atoms with Crippen LogP contribution in [-0.2, 0) is 27.3 Å². The SMILES string of the molecule is CCc1ccc(N(CC(=O)NCc2ccc(C)cc2)C(=O)[C@@]2(C)CC(=O)N=C3C=CC=CN32)cc1. The molecule has 7 heteroatoms. The molecule has 0 aliphatic carbocycles. The van der Waals surface area contributed by atoms with Crippen LogP contribution in [0, 0.1) is 6.92 Å². The number of benzene rings is 2. The molecule has 35 heavy (non-hydrogen) atoms. The summed E-state index contributed by atoms with van der Waals surface area (Å²) in [5.41, 5.74) is 2.64. The monoisotopic (exact) mass is 470 g/mol. The van der Waals surface area contributed by atoms with E-state index in [0.717, 1.165) is 23.1 Å². The van der Waals surface area contributed by atoms with Crippen LogP contribution < -0.4 is 10.2 Å². The van der Waals surface area contributed by atoms with Crippen molar-refractivity contribution in [1.29, 1.82) is 0 Å². The normalized spacial score (nSPS) is 18.7. The summed E-state index contributed by atoms with van der Waals surface area (Å²) in [5, 5.41) is 2.91. The van der Waals surface area contributed by atoms with E-state index in [4.69, 9.17) is 0 Å². The topological polar surface area (TPSA) is 82.1 Å². The Morgan fingerprint density at radius 3 is 2.43 bits per heavy atom. The second-order valence-corrected chi connectivity index (χ2v) is 9.06. The highest BCUT2D eigenvalue weighted by Crippen LogP contribution is 2.31. The fourth-order valence-electron chi connectivity index (χ4n) is 4.26. The number of allylic oxidation sites excluding steroid dienone is 2. The van der Waals surface area contributed by atoms with Crippen LogP contribution in [0.3, 0.4) is 0 Å². The number of hydrogen-bond acceptors (Lipinski definition) is 4.